The molecule has 2 aromatic carbocycles. The minimum Gasteiger partial charge on any atom is -0.376 e. The second kappa shape index (κ2) is 8.38. The first-order valence-corrected chi connectivity index (χ1v) is 10.3. The van der Waals surface area contributed by atoms with Gasteiger partial charge in [0.05, 0.1) is 17.6 Å². The zero-order valence-corrected chi connectivity index (χ0v) is 16.4. The van der Waals surface area contributed by atoms with Gasteiger partial charge in [0, 0.05) is 39.5 Å². The maximum Gasteiger partial charge on any atom is 0.224 e. The Kier molecular flexibility index (Phi) is 5.72. The van der Waals surface area contributed by atoms with E-state index in [1.165, 1.54) is 0 Å². The van der Waals surface area contributed by atoms with E-state index in [-0.39, 0.29) is 12.0 Å². The van der Waals surface area contributed by atoms with Crippen LogP contribution in [0, 0.1) is 0 Å². The van der Waals surface area contributed by atoms with Gasteiger partial charge in [-0.05, 0) is 43.2 Å². The van der Waals surface area contributed by atoms with Crippen molar-refractivity contribution in [1.29, 1.82) is 0 Å². The molecule has 0 bridgehead atoms. The number of hydrogen-bond acceptors (Lipinski definition) is 3. The summed E-state index contributed by atoms with van der Waals surface area (Å²) < 4.78 is 5.59. The molecule has 1 amide bonds. The second-order valence-electron chi connectivity index (χ2n) is 6.65. The first kappa shape index (κ1) is 18.4. The number of aromatic amines is 1. The summed E-state index contributed by atoms with van der Waals surface area (Å²) in [6.45, 7) is 1.38. The van der Waals surface area contributed by atoms with Gasteiger partial charge in [-0.2, -0.15) is 0 Å². The zero-order chi connectivity index (χ0) is 18.6. The zero-order valence-electron chi connectivity index (χ0n) is 14.8. The Morgan fingerprint density at radius 2 is 2.04 bits per heavy atom. The summed E-state index contributed by atoms with van der Waals surface area (Å²) in [5.74, 6) is 0.0215. The molecule has 0 spiro atoms. The Morgan fingerprint density at radius 3 is 2.81 bits per heavy atom. The molecule has 2 heterocycles. The number of rotatable bonds is 6. The molecule has 0 radical (unpaired) electrons. The van der Waals surface area contributed by atoms with Gasteiger partial charge in [0.2, 0.25) is 5.91 Å². The van der Waals surface area contributed by atoms with Crippen LogP contribution in [0.3, 0.4) is 0 Å². The van der Waals surface area contributed by atoms with Crippen LogP contribution in [0.25, 0.3) is 10.9 Å². The average Bonchev–Trinajstić information content (AvgIpc) is 3.31. The van der Waals surface area contributed by atoms with Crippen molar-refractivity contribution in [2.45, 2.75) is 35.3 Å². The van der Waals surface area contributed by atoms with E-state index in [2.05, 4.69) is 16.4 Å². The molecule has 2 N–H and O–H groups in total. The topological polar surface area (TPSA) is 54.1 Å². The molecule has 1 fully saturated rings. The molecule has 4 nitrogen and oxygen atoms in total. The fourth-order valence-electron chi connectivity index (χ4n) is 3.31. The molecule has 6 heteroatoms. The highest BCUT2D eigenvalue weighted by Crippen LogP contribution is 2.35. The van der Waals surface area contributed by atoms with Crippen LogP contribution in [0.2, 0.25) is 5.02 Å². The van der Waals surface area contributed by atoms with Crippen molar-refractivity contribution in [3.63, 3.8) is 0 Å². The molecule has 1 aliphatic rings. The molecule has 1 atom stereocenters. The number of carbonyl (C=O) groups is 1. The minimum absolute atomic E-state index is 0.0215. The van der Waals surface area contributed by atoms with Gasteiger partial charge in [-0.3, -0.25) is 4.79 Å². The number of para-hydroxylation sites is 1. The lowest BCUT2D eigenvalue weighted by atomic mass is 10.1. The minimum atomic E-state index is 0.0215. The van der Waals surface area contributed by atoms with Crippen molar-refractivity contribution in [1.82, 2.24) is 10.3 Å². The Bertz CT molecular complexity index is 933. The molecule has 0 aliphatic carbocycles. The van der Waals surface area contributed by atoms with E-state index in [9.17, 15) is 4.79 Å². The molecule has 1 aliphatic heterocycles. The Hall–Kier alpha value is -1.95. The van der Waals surface area contributed by atoms with E-state index in [1.54, 1.807) is 11.8 Å². The average molecular weight is 401 g/mol. The number of H-pyrrole nitrogens is 1. The number of nitrogens with one attached hydrogen (secondary N) is 2. The van der Waals surface area contributed by atoms with Gasteiger partial charge in [-0.25, -0.2) is 0 Å². The fourth-order valence-corrected chi connectivity index (χ4v) is 4.41. The van der Waals surface area contributed by atoms with Gasteiger partial charge in [0.25, 0.3) is 0 Å². The quantitative estimate of drug-likeness (QED) is 0.624. The van der Waals surface area contributed by atoms with Crippen molar-refractivity contribution in [3.8, 4) is 0 Å². The van der Waals surface area contributed by atoms with Crippen LogP contribution in [-0.4, -0.2) is 30.1 Å². The van der Waals surface area contributed by atoms with Crippen molar-refractivity contribution >= 4 is 40.2 Å². The van der Waals surface area contributed by atoms with E-state index in [0.717, 1.165) is 45.8 Å². The summed E-state index contributed by atoms with van der Waals surface area (Å²) >= 11 is 7.60. The van der Waals surface area contributed by atoms with Gasteiger partial charge >= 0.3 is 0 Å². The first-order chi connectivity index (χ1) is 13.2. The summed E-state index contributed by atoms with van der Waals surface area (Å²) in [6.07, 6.45) is 2.59. The van der Waals surface area contributed by atoms with Crippen LogP contribution in [0.1, 0.15) is 18.4 Å². The molecular formula is C21H21ClN2O2S. The number of fused-ring (bicyclic) bond motifs is 1. The molecule has 27 heavy (non-hydrogen) atoms. The van der Waals surface area contributed by atoms with Crippen LogP contribution in [-0.2, 0) is 16.0 Å². The normalized spacial score (nSPS) is 16.7. The molecule has 4 rings (SSSR count). The van der Waals surface area contributed by atoms with Crippen molar-refractivity contribution in [2.75, 3.05) is 13.2 Å². The SMILES string of the molecule is O=C(Cc1c(Sc2ccc(Cl)cc2)[nH]c2ccccc12)NCC1CCCO1. The maximum absolute atomic E-state index is 12.6. The third-order valence-electron chi connectivity index (χ3n) is 4.70. The Labute approximate surface area is 167 Å². The molecule has 1 unspecified atom stereocenters. The highest BCUT2D eigenvalue weighted by molar-refractivity contribution is 7.99. The van der Waals surface area contributed by atoms with Crippen LogP contribution < -0.4 is 5.32 Å². The molecule has 0 saturated carbocycles. The van der Waals surface area contributed by atoms with E-state index in [0.29, 0.717) is 18.0 Å². The van der Waals surface area contributed by atoms with Crippen molar-refractivity contribution in [3.05, 3.63) is 59.1 Å². The lowest BCUT2D eigenvalue weighted by molar-refractivity contribution is -0.120. The molecule has 1 saturated heterocycles. The number of ether oxygens (including phenoxy) is 1. The predicted molar refractivity (Wildman–Crippen MR) is 110 cm³/mol. The van der Waals surface area contributed by atoms with Crippen LogP contribution in [0.5, 0.6) is 0 Å². The maximum atomic E-state index is 12.6. The summed E-state index contributed by atoms with van der Waals surface area (Å²) in [7, 11) is 0. The summed E-state index contributed by atoms with van der Waals surface area (Å²) in [5.41, 5.74) is 2.06. The number of amides is 1. The van der Waals surface area contributed by atoms with E-state index >= 15 is 0 Å². The van der Waals surface area contributed by atoms with E-state index in [1.807, 2.05) is 42.5 Å². The molecular weight excluding hydrogens is 380 g/mol. The molecule has 140 valence electrons. The number of carbonyl (C=O) groups excluding carboxylic acids is 1. The highest BCUT2D eigenvalue weighted by atomic mass is 35.5. The van der Waals surface area contributed by atoms with Crippen LogP contribution in [0.4, 0.5) is 0 Å². The van der Waals surface area contributed by atoms with Crippen molar-refractivity contribution in [2.24, 2.45) is 0 Å². The van der Waals surface area contributed by atoms with Gasteiger partial charge < -0.3 is 15.0 Å². The smallest absolute Gasteiger partial charge is 0.224 e. The standard InChI is InChI=1S/C21H21ClN2O2S/c22-14-7-9-16(10-8-14)27-21-18(17-5-1-2-6-19(17)24-21)12-20(25)23-13-15-4-3-11-26-15/h1-2,5-10,15,24H,3-4,11-13H2,(H,23,25). The number of halogens is 1. The lowest BCUT2D eigenvalue weighted by Gasteiger charge is -2.11. The van der Waals surface area contributed by atoms with Crippen molar-refractivity contribution < 1.29 is 9.53 Å². The number of aromatic nitrogens is 1. The van der Waals surface area contributed by atoms with Gasteiger partial charge in [0.1, 0.15) is 0 Å². The van der Waals surface area contributed by atoms with E-state index < -0.39 is 0 Å². The monoisotopic (exact) mass is 400 g/mol. The summed E-state index contributed by atoms with van der Waals surface area (Å²) in [5, 5.41) is 5.81. The largest absolute Gasteiger partial charge is 0.376 e. The Balaban J connectivity index is 1.54. The van der Waals surface area contributed by atoms with Gasteiger partial charge in [-0.1, -0.05) is 41.6 Å². The highest BCUT2D eigenvalue weighted by Gasteiger charge is 2.19. The third-order valence-corrected chi connectivity index (χ3v) is 6.01. The molecule has 1 aromatic heterocycles. The summed E-state index contributed by atoms with van der Waals surface area (Å²) in [6, 6.07) is 15.8. The summed E-state index contributed by atoms with van der Waals surface area (Å²) in [4.78, 5) is 17.1. The first-order valence-electron chi connectivity index (χ1n) is 9.10. The Morgan fingerprint density at radius 1 is 1.22 bits per heavy atom. The van der Waals surface area contributed by atoms with Gasteiger partial charge in [0.15, 0.2) is 0 Å². The third kappa shape index (κ3) is 4.49. The number of hydrogen-bond donors (Lipinski definition) is 2. The van der Waals surface area contributed by atoms with Crippen LogP contribution >= 0.6 is 23.4 Å². The van der Waals surface area contributed by atoms with Gasteiger partial charge in [-0.15, -0.1) is 0 Å². The fraction of sp³-hybridized carbons (Fsp3) is 0.286. The number of benzene rings is 2. The predicted octanol–water partition coefficient (Wildman–Crippen LogP) is 4.81. The van der Waals surface area contributed by atoms with E-state index in [4.69, 9.17) is 16.3 Å². The lowest BCUT2D eigenvalue weighted by Crippen LogP contribution is -2.32. The van der Waals surface area contributed by atoms with Crippen LogP contribution in [0.15, 0.2) is 58.5 Å². The molecule has 3 aromatic rings. The second-order valence-corrected chi connectivity index (χ2v) is 8.17.